The Hall–Kier alpha value is -1.15. The zero-order valence-electron chi connectivity index (χ0n) is 12.3. The summed E-state index contributed by atoms with van der Waals surface area (Å²) in [5, 5.41) is 2.68. The Morgan fingerprint density at radius 1 is 1.25 bits per heavy atom. The van der Waals surface area contributed by atoms with E-state index >= 15 is 0 Å². The third-order valence-electron chi connectivity index (χ3n) is 3.19. The predicted octanol–water partition coefficient (Wildman–Crippen LogP) is -1.30. The van der Waals surface area contributed by atoms with Crippen LogP contribution in [0.15, 0.2) is 0 Å². The lowest BCUT2D eigenvalue weighted by Crippen LogP contribution is -2.45. The third kappa shape index (κ3) is 5.87. The Bertz CT molecular complexity index is 461. The van der Waals surface area contributed by atoms with Crippen LogP contribution >= 0.6 is 0 Å². The first-order valence-corrected chi connectivity index (χ1v) is 8.42. The van der Waals surface area contributed by atoms with E-state index in [-0.39, 0.29) is 35.9 Å². The van der Waals surface area contributed by atoms with E-state index in [0.29, 0.717) is 19.5 Å². The second kappa shape index (κ2) is 7.03. The fourth-order valence-electron chi connectivity index (χ4n) is 2.02. The van der Waals surface area contributed by atoms with Crippen molar-refractivity contribution in [2.75, 3.05) is 45.2 Å². The largest absolute Gasteiger partial charge is 0.351 e. The number of sulfone groups is 1. The normalized spacial score (nSPS) is 20.9. The molecule has 0 saturated carbocycles. The molecule has 0 spiro atoms. The molecule has 1 aliphatic rings. The van der Waals surface area contributed by atoms with Gasteiger partial charge in [-0.05, 0) is 20.5 Å². The summed E-state index contributed by atoms with van der Waals surface area (Å²) in [5.74, 6) is -0.354. The molecule has 1 saturated heterocycles. The van der Waals surface area contributed by atoms with Crippen LogP contribution in [-0.4, -0.2) is 81.3 Å². The van der Waals surface area contributed by atoms with Gasteiger partial charge in [0.25, 0.3) is 0 Å². The van der Waals surface area contributed by atoms with E-state index in [0.717, 1.165) is 0 Å². The molecule has 1 aliphatic heterocycles. The average Bonchev–Trinajstić information content (AvgIpc) is 2.63. The van der Waals surface area contributed by atoms with Crippen molar-refractivity contribution in [3.63, 3.8) is 0 Å². The molecule has 1 N–H and O–H groups in total. The molecule has 1 heterocycles. The van der Waals surface area contributed by atoms with Gasteiger partial charge in [-0.15, -0.1) is 0 Å². The van der Waals surface area contributed by atoms with Gasteiger partial charge in [0.05, 0.1) is 18.1 Å². The Kier molecular flexibility index (Phi) is 5.94. The van der Waals surface area contributed by atoms with Gasteiger partial charge in [-0.1, -0.05) is 0 Å². The zero-order valence-corrected chi connectivity index (χ0v) is 13.1. The lowest BCUT2D eigenvalue weighted by molar-refractivity contribution is -0.134. The van der Waals surface area contributed by atoms with Crippen molar-refractivity contribution in [1.29, 1.82) is 0 Å². The van der Waals surface area contributed by atoms with E-state index in [1.807, 2.05) is 19.0 Å². The number of hydrogen-bond acceptors (Lipinski definition) is 5. The molecule has 2 amide bonds. The standard InChI is InChI=1S/C12H23N3O4S/c1-10(16)15(6-5-14(2)3)8-12(17)13-11-4-7-20(18,19)9-11/h11H,4-9H2,1-3H3,(H,13,17). The van der Waals surface area contributed by atoms with E-state index in [1.165, 1.54) is 11.8 Å². The highest BCUT2D eigenvalue weighted by Gasteiger charge is 2.29. The molecule has 1 rings (SSSR count). The summed E-state index contributed by atoms with van der Waals surface area (Å²) in [6.45, 7) is 2.53. The van der Waals surface area contributed by atoms with Crippen LogP contribution in [0.3, 0.4) is 0 Å². The maximum Gasteiger partial charge on any atom is 0.239 e. The minimum absolute atomic E-state index is 0.00346. The van der Waals surface area contributed by atoms with Crippen LogP contribution in [0.4, 0.5) is 0 Å². The molecule has 1 fully saturated rings. The third-order valence-corrected chi connectivity index (χ3v) is 4.96. The van der Waals surface area contributed by atoms with E-state index < -0.39 is 9.84 Å². The number of likely N-dealkylation sites (N-methyl/N-ethyl adjacent to an activating group) is 1. The molecule has 0 aromatic heterocycles. The van der Waals surface area contributed by atoms with Crippen molar-refractivity contribution in [2.24, 2.45) is 0 Å². The molecule has 0 aromatic rings. The van der Waals surface area contributed by atoms with Crippen molar-refractivity contribution in [3.05, 3.63) is 0 Å². The predicted molar refractivity (Wildman–Crippen MR) is 76.0 cm³/mol. The first-order valence-electron chi connectivity index (χ1n) is 6.59. The van der Waals surface area contributed by atoms with Crippen LogP contribution in [0.2, 0.25) is 0 Å². The molecule has 116 valence electrons. The number of amides is 2. The summed E-state index contributed by atoms with van der Waals surface area (Å²) in [5.41, 5.74) is 0. The second-order valence-corrected chi connectivity index (χ2v) is 7.64. The van der Waals surface area contributed by atoms with Crippen molar-refractivity contribution in [3.8, 4) is 0 Å². The summed E-state index contributed by atoms with van der Waals surface area (Å²) in [6.07, 6.45) is 0.450. The molecule has 0 bridgehead atoms. The maximum absolute atomic E-state index is 11.9. The number of carbonyl (C=O) groups is 2. The van der Waals surface area contributed by atoms with Crippen LogP contribution in [0.1, 0.15) is 13.3 Å². The molecular weight excluding hydrogens is 282 g/mol. The molecule has 1 unspecified atom stereocenters. The highest BCUT2D eigenvalue weighted by molar-refractivity contribution is 7.91. The van der Waals surface area contributed by atoms with Crippen molar-refractivity contribution >= 4 is 21.7 Å². The Labute approximate surface area is 120 Å². The number of hydrogen-bond donors (Lipinski definition) is 1. The molecule has 1 atom stereocenters. The molecule has 7 nitrogen and oxygen atoms in total. The van der Waals surface area contributed by atoms with Gasteiger partial charge >= 0.3 is 0 Å². The summed E-state index contributed by atoms with van der Waals surface area (Å²) in [7, 11) is 0.772. The minimum Gasteiger partial charge on any atom is -0.351 e. The lowest BCUT2D eigenvalue weighted by Gasteiger charge is -2.23. The fourth-order valence-corrected chi connectivity index (χ4v) is 3.70. The highest BCUT2D eigenvalue weighted by atomic mass is 32.2. The van der Waals surface area contributed by atoms with Crippen molar-refractivity contribution in [2.45, 2.75) is 19.4 Å². The Morgan fingerprint density at radius 3 is 2.35 bits per heavy atom. The van der Waals surface area contributed by atoms with E-state index in [2.05, 4.69) is 5.32 Å². The summed E-state index contributed by atoms with van der Waals surface area (Å²) in [6, 6.07) is -0.324. The first kappa shape index (κ1) is 16.9. The molecule has 0 aromatic carbocycles. The summed E-state index contributed by atoms with van der Waals surface area (Å²) < 4.78 is 22.6. The average molecular weight is 305 g/mol. The van der Waals surface area contributed by atoms with Gasteiger partial charge in [-0.25, -0.2) is 8.42 Å². The number of rotatable bonds is 6. The highest BCUT2D eigenvalue weighted by Crippen LogP contribution is 2.11. The molecule has 20 heavy (non-hydrogen) atoms. The molecular formula is C12H23N3O4S. The molecule has 8 heteroatoms. The van der Waals surface area contributed by atoms with Crippen LogP contribution in [0.25, 0.3) is 0 Å². The number of nitrogens with one attached hydrogen (secondary N) is 1. The van der Waals surface area contributed by atoms with Crippen LogP contribution in [-0.2, 0) is 19.4 Å². The first-order chi connectivity index (χ1) is 9.19. The van der Waals surface area contributed by atoms with Crippen molar-refractivity contribution in [1.82, 2.24) is 15.1 Å². The quantitative estimate of drug-likeness (QED) is 0.659. The SMILES string of the molecule is CC(=O)N(CCN(C)C)CC(=O)NC1CCS(=O)(=O)C1. The van der Waals surface area contributed by atoms with E-state index in [4.69, 9.17) is 0 Å². The smallest absolute Gasteiger partial charge is 0.239 e. The lowest BCUT2D eigenvalue weighted by atomic mass is 10.2. The van der Waals surface area contributed by atoms with Gasteiger partial charge in [-0.3, -0.25) is 9.59 Å². The maximum atomic E-state index is 11.9. The molecule has 0 radical (unpaired) electrons. The van der Waals surface area contributed by atoms with Crippen molar-refractivity contribution < 1.29 is 18.0 Å². The van der Waals surface area contributed by atoms with E-state index in [1.54, 1.807) is 0 Å². The van der Waals surface area contributed by atoms with Gasteiger partial charge in [0.15, 0.2) is 9.84 Å². The Balaban J connectivity index is 2.44. The van der Waals surface area contributed by atoms with Gasteiger partial charge < -0.3 is 15.1 Å². The summed E-state index contributed by atoms with van der Waals surface area (Å²) in [4.78, 5) is 26.7. The monoisotopic (exact) mass is 305 g/mol. The number of nitrogens with zero attached hydrogens (tertiary/aromatic N) is 2. The Morgan fingerprint density at radius 2 is 1.90 bits per heavy atom. The number of carbonyl (C=O) groups excluding carboxylic acids is 2. The van der Waals surface area contributed by atoms with Gasteiger partial charge in [0.2, 0.25) is 11.8 Å². The van der Waals surface area contributed by atoms with Gasteiger partial charge in [0, 0.05) is 26.1 Å². The second-order valence-electron chi connectivity index (χ2n) is 5.41. The zero-order chi connectivity index (χ0) is 15.3. The fraction of sp³-hybridized carbons (Fsp3) is 0.833. The summed E-state index contributed by atoms with van der Waals surface area (Å²) >= 11 is 0. The van der Waals surface area contributed by atoms with Crippen LogP contribution in [0.5, 0.6) is 0 Å². The van der Waals surface area contributed by atoms with Gasteiger partial charge in [-0.2, -0.15) is 0 Å². The van der Waals surface area contributed by atoms with Gasteiger partial charge in [0.1, 0.15) is 0 Å². The molecule has 0 aliphatic carbocycles. The topological polar surface area (TPSA) is 86.8 Å². The minimum atomic E-state index is -3.01. The van der Waals surface area contributed by atoms with Crippen LogP contribution < -0.4 is 5.32 Å². The van der Waals surface area contributed by atoms with E-state index in [9.17, 15) is 18.0 Å². The van der Waals surface area contributed by atoms with Crippen LogP contribution in [0, 0.1) is 0 Å².